The fraction of sp³-hybridized carbons (Fsp3) is 0.211. The third-order valence-corrected chi connectivity index (χ3v) is 5.59. The van der Waals surface area contributed by atoms with Gasteiger partial charge in [-0.25, -0.2) is 9.89 Å². The van der Waals surface area contributed by atoms with Gasteiger partial charge in [0.1, 0.15) is 11.8 Å². The number of guanidine groups is 1. The number of hydrogen-bond donors (Lipinski definition) is 2. The first-order chi connectivity index (χ1) is 13.5. The fourth-order valence-electron chi connectivity index (χ4n) is 2.74. The van der Waals surface area contributed by atoms with Gasteiger partial charge < -0.3 is 10.4 Å². The number of phenols is 1. The minimum Gasteiger partial charge on any atom is -0.506 e. The Bertz CT molecular complexity index is 990. The molecular weight excluding hydrogens is 419 g/mol. The molecule has 0 spiro atoms. The summed E-state index contributed by atoms with van der Waals surface area (Å²) in [5, 5.41) is 22.7. The predicted octanol–water partition coefficient (Wildman–Crippen LogP) is 4.51. The number of benzene rings is 2. The number of halogens is 2. The van der Waals surface area contributed by atoms with Crippen LogP contribution in [0.5, 0.6) is 5.75 Å². The minimum absolute atomic E-state index is 0.126. The van der Waals surface area contributed by atoms with Crippen LogP contribution in [-0.4, -0.2) is 35.0 Å². The van der Waals surface area contributed by atoms with Crippen LogP contribution < -0.4 is 10.2 Å². The lowest BCUT2D eigenvalue weighted by Gasteiger charge is -2.22. The summed E-state index contributed by atoms with van der Waals surface area (Å²) in [6.45, 7) is 0. The molecule has 2 N–H and O–H groups in total. The Balaban J connectivity index is 1.99. The lowest BCUT2D eigenvalue weighted by molar-refractivity contribution is -0.118. The highest BCUT2D eigenvalue weighted by atomic mass is 35.5. The van der Waals surface area contributed by atoms with E-state index in [4.69, 9.17) is 28.5 Å². The third-order valence-electron chi connectivity index (χ3n) is 4.14. The molecule has 2 aromatic rings. The Labute approximate surface area is 176 Å². The summed E-state index contributed by atoms with van der Waals surface area (Å²) in [6.07, 6.45) is 2.53. The molecule has 1 aliphatic heterocycles. The summed E-state index contributed by atoms with van der Waals surface area (Å²) in [7, 11) is 0. The van der Waals surface area contributed by atoms with E-state index < -0.39 is 6.04 Å². The maximum Gasteiger partial charge on any atom is 0.258 e. The van der Waals surface area contributed by atoms with Gasteiger partial charge in [-0.15, -0.1) is 0 Å². The van der Waals surface area contributed by atoms with Crippen molar-refractivity contribution in [2.45, 2.75) is 12.5 Å². The van der Waals surface area contributed by atoms with E-state index in [1.54, 1.807) is 42.1 Å². The first-order valence-corrected chi connectivity index (χ1v) is 10.5. The monoisotopic (exact) mass is 434 g/mol. The van der Waals surface area contributed by atoms with Gasteiger partial charge in [-0.05, 0) is 48.8 Å². The summed E-state index contributed by atoms with van der Waals surface area (Å²) in [6, 6.07) is 10.8. The number of nitriles is 1. The molecule has 1 atom stereocenters. The van der Waals surface area contributed by atoms with E-state index in [1.165, 1.54) is 11.0 Å². The number of aliphatic imine (C=N–C) groups is 1. The fourth-order valence-corrected chi connectivity index (χ4v) is 3.58. The molecule has 0 aromatic heterocycles. The minimum atomic E-state index is -0.564. The van der Waals surface area contributed by atoms with E-state index in [9.17, 15) is 9.90 Å². The predicted molar refractivity (Wildman–Crippen MR) is 115 cm³/mol. The molecule has 9 heteroatoms. The number of carbonyl (C=O) groups is 1. The van der Waals surface area contributed by atoms with Crippen molar-refractivity contribution in [1.29, 1.82) is 5.26 Å². The molecule has 2 aromatic carbocycles. The summed E-state index contributed by atoms with van der Waals surface area (Å²) >= 11 is 14.1. The van der Waals surface area contributed by atoms with Crippen LogP contribution in [0.3, 0.4) is 0 Å². The molecule has 144 valence electrons. The summed E-state index contributed by atoms with van der Waals surface area (Å²) in [4.78, 5) is 18.9. The second-order valence-corrected chi connectivity index (χ2v) is 7.74. The van der Waals surface area contributed by atoms with Gasteiger partial charge in [0.25, 0.3) is 5.91 Å². The highest BCUT2D eigenvalue weighted by molar-refractivity contribution is 7.98. The second-order valence-electron chi connectivity index (χ2n) is 5.97. The zero-order valence-electron chi connectivity index (χ0n) is 14.8. The lowest BCUT2D eigenvalue weighted by Crippen LogP contribution is -2.39. The normalized spacial score (nSPS) is 16.1. The van der Waals surface area contributed by atoms with Gasteiger partial charge in [-0.1, -0.05) is 29.3 Å². The number of amides is 1. The topological polar surface area (TPSA) is 88.7 Å². The number of anilines is 2. The molecule has 3 rings (SSSR count). The van der Waals surface area contributed by atoms with Crippen molar-refractivity contribution in [2.75, 3.05) is 22.2 Å². The zero-order valence-corrected chi connectivity index (χ0v) is 17.1. The summed E-state index contributed by atoms with van der Waals surface area (Å²) < 4.78 is 0. The second kappa shape index (κ2) is 8.74. The highest BCUT2D eigenvalue weighted by Crippen LogP contribution is 2.36. The van der Waals surface area contributed by atoms with Gasteiger partial charge in [0, 0.05) is 0 Å². The molecule has 1 amide bonds. The van der Waals surface area contributed by atoms with Gasteiger partial charge in [0.2, 0.25) is 5.96 Å². The Morgan fingerprint density at radius 3 is 2.82 bits per heavy atom. The van der Waals surface area contributed by atoms with E-state index >= 15 is 0 Å². The van der Waals surface area contributed by atoms with Crippen LogP contribution in [0.2, 0.25) is 10.0 Å². The molecule has 28 heavy (non-hydrogen) atoms. The van der Waals surface area contributed by atoms with Crippen molar-refractivity contribution in [1.82, 2.24) is 0 Å². The standard InChI is InChI=1S/C19H16Cl2N4O2S/c1-28-8-7-14-18(27)25(15-4-2-3-12(20)17(15)21)19(24-14)23-13-6-5-11(10-22)9-16(13)26/h2-6,9,14,26H,7-8H2,1H3,(H,23,24)/t14-/m0/s1. The molecule has 0 radical (unpaired) electrons. The van der Waals surface area contributed by atoms with Gasteiger partial charge in [-0.3, -0.25) is 4.79 Å². The first-order valence-electron chi connectivity index (χ1n) is 8.31. The van der Waals surface area contributed by atoms with Crippen LogP contribution in [0.25, 0.3) is 0 Å². The Kier molecular flexibility index (Phi) is 6.35. The number of phenolic OH excluding ortho intramolecular Hbond substituents is 1. The maximum absolute atomic E-state index is 13.0. The lowest BCUT2D eigenvalue weighted by atomic mass is 10.2. The number of nitrogens with zero attached hydrogens (tertiary/aromatic N) is 3. The number of carbonyl (C=O) groups excluding carboxylic acids is 1. The van der Waals surface area contributed by atoms with E-state index in [-0.39, 0.29) is 22.6 Å². The van der Waals surface area contributed by atoms with Crippen LogP contribution in [-0.2, 0) is 4.79 Å². The molecule has 0 saturated carbocycles. The number of aromatic hydroxyl groups is 1. The Morgan fingerprint density at radius 1 is 1.36 bits per heavy atom. The number of nitrogens with one attached hydrogen (secondary N) is 1. The van der Waals surface area contributed by atoms with Crippen molar-refractivity contribution >= 4 is 58.2 Å². The van der Waals surface area contributed by atoms with E-state index in [1.807, 2.05) is 12.3 Å². The molecule has 0 bridgehead atoms. The van der Waals surface area contributed by atoms with Crippen LogP contribution in [0, 0.1) is 11.3 Å². The van der Waals surface area contributed by atoms with Gasteiger partial charge in [-0.2, -0.15) is 17.0 Å². The molecule has 0 saturated heterocycles. The molecule has 0 fully saturated rings. The number of rotatable bonds is 5. The third kappa shape index (κ3) is 4.04. The van der Waals surface area contributed by atoms with Crippen LogP contribution >= 0.6 is 35.0 Å². The molecule has 6 nitrogen and oxygen atoms in total. The average Bonchev–Trinajstić information content (AvgIpc) is 2.99. The number of hydrogen-bond acceptors (Lipinski definition) is 6. The van der Waals surface area contributed by atoms with Crippen molar-refractivity contribution < 1.29 is 9.90 Å². The van der Waals surface area contributed by atoms with E-state index in [0.717, 1.165) is 5.75 Å². The first kappa shape index (κ1) is 20.3. The molecule has 1 heterocycles. The van der Waals surface area contributed by atoms with Crippen LogP contribution in [0.15, 0.2) is 41.4 Å². The quantitative estimate of drug-likeness (QED) is 0.675. The van der Waals surface area contributed by atoms with E-state index in [2.05, 4.69) is 10.3 Å². The molecule has 0 aliphatic carbocycles. The van der Waals surface area contributed by atoms with Crippen LogP contribution in [0.4, 0.5) is 11.4 Å². The van der Waals surface area contributed by atoms with Crippen molar-refractivity contribution in [3.63, 3.8) is 0 Å². The van der Waals surface area contributed by atoms with Gasteiger partial charge in [0.15, 0.2) is 0 Å². The summed E-state index contributed by atoms with van der Waals surface area (Å²) in [5.41, 5.74) is 1.05. The zero-order chi connectivity index (χ0) is 20.3. The Hall–Kier alpha value is -2.40. The molecule has 1 aliphatic rings. The number of thioether (sulfide) groups is 1. The van der Waals surface area contributed by atoms with Crippen molar-refractivity contribution in [3.05, 3.63) is 52.0 Å². The maximum atomic E-state index is 13.0. The van der Waals surface area contributed by atoms with Gasteiger partial charge in [0.05, 0.1) is 33.1 Å². The Morgan fingerprint density at radius 2 is 2.14 bits per heavy atom. The molecule has 0 unspecified atom stereocenters. The van der Waals surface area contributed by atoms with Crippen molar-refractivity contribution in [2.24, 2.45) is 4.99 Å². The van der Waals surface area contributed by atoms with Crippen molar-refractivity contribution in [3.8, 4) is 11.8 Å². The molecular formula is C19H16Cl2N4O2S. The van der Waals surface area contributed by atoms with Crippen LogP contribution in [0.1, 0.15) is 12.0 Å². The summed E-state index contributed by atoms with van der Waals surface area (Å²) in [5.74, 6) is 0.653. The smallest absolute Gasteiger partial charge is 0.258 e. The largest absolute Gasteiger partial charge is 0.506 e. The highest BCUT2D eigenvalue weighted by Gasteiger charge is 2.37. The average molecular weight is 435 g/mol. The van der Waals surface area contributed by atoms with Gasteiger partial charge >= 0.3 is 0 Å². The van der Waals surface area contributed by atoms with E-state index in [0.29, 0.717) is 28.4 Å². The SMILES string of the molecule is CSCC[C@@H]1N=C(Nc2ccc(C#N)cc2O)N(c2cccc(Cl)c2Cl)C1=O.